The van der Waals surface area contributed by atoms with Crippen molar-refractivity contribution >= 4 is 21.8 Å². The van der Waals surface area contributed by atoms with E-state index < -0.39 is 0 Å². The van der Waals surface area contributed by atoms with Crippen LogP contribution >= 0.6 is 15.9 Å². The first kappa shape index (κ1) is 17.2. The van der Waals surface area contributed by atoms with Gasteiger partial charge in [-0.15, -0.1) is 0 Å². The molecule has 5 heteroatoms. The highest BCUT2D eigenvalue weighted by molar-refractivity contribution is 9.10. The molecule has 1 amide bonds. The van der Waals surface area contributed by atoms with Gasteiger partial charge in [0.15, 0.2) is 0 Å². The molecule has 1 atom stereocenters. The van der Waals surface area contributed by atoms with E-state index in [-0.39, 0.29) is 17.4 Å². The highest BCUT2D eigenvalue weighted by Crippen LogP contribution is 2.39. The molecular weight excluding hydrogens is 366 g/mol. The van der Waals surface area contributed by atoms with E-state index in [4.69, 9.17) is 0 Å². The quantitative estimate of drug-likeness (QED) is 0.831. The van der Waals surface area contributed by atoms with E-state index in [0.717, 1.165) is 17.3 Å². The zero-order valence-corrected chi connectivity index (χ0v) is 15.6. The fourth-order valence-corrected chi connectivity index (χ4v) is 4.05. The molecule has 1 aromatic carbocycles. The van der Waals surface area contributed by atoms with Crippen molar-refractivity contribution < 1.29 is 4.79 Å². The highest BCUT2D eigenvalue weighted by Gasteiger charge is 2.34. The Hall–Kier alpha value is -1.62. The van der Waals surface area contributed by atoms with Crippen molar-refractivity contribution in [2.45, 2.75) is 50.5 Å². The van der Waals surface area contributed by atoms with Crippen LogP contribution in [0.25, 0.3) is 0 Å². The van der Waals surface area contributed by atoms with Gasteiger partial charge in [-0.2, -0.15) is 5.10 Å². The van der Waals surface area contributed by atoms with Gasteiger partial charge in [-0.3, -0.25) is 9.48 Å². The third-order valence-electron chi connectivity index (χ3n) is 5.15. The summed E-state index contributed by atoms with van der Waals surface area (Å²) in [5, 5.41) is 7.35. The summed E-state index contributed by atoms with van der Waals surface area (Å²) in [5.74, 6) is 0.0265. The van der Waals surface area contributed by atoms with Gasteiger partial charge in [0.25, 0.3) is 0 Å². The molecule has 1 aliphatic carbocycles. The first-order valence-electron chi connectivity index (χ1n) is 8.64. The van der Waals surface area contributed by atoms with Gasteiger partial charge in [0.1, 0.15) is 6.04 Å². The van der Waals surface area contributed by atoms with Crippen molar-refractivity contribution in [2.24, 2.45) is 0 Å². The maximum Gasteiger partial charge on any atom is 0.244 e. The lowest BCUT2D eigenvalue weighted by Gasteiger charge is -2.38. The molecule has 2 aromatic rings. The molecule has 1 unspecified atom stereocenters. The minimum atomic E-state index is -0.289. The Morgan fingerprint density at radius 2 is 2.12 bits per heavy atom. The smallest absolute Gasteiger partial charge is 0.244 e. The molecule has 0 aliphatic heterocycles. The summed E-state index contributed by atoms with van der Waals surface area (Å²) in [6.45, 7) is 2.57. The van der Waals surface area contributed by atoms with Crippen LogP contribution < -0.4 is 5.32 Å². The van der Waals surface area contributed by atoms with Gasteiger partial charge in [0.05, 0.1) is 0 Å². The molecule has 4 nitrogen and oxygen atoms in total. The van der Waals surface area contributed by atoms with E-state index in [1.807, 2.05) is 19.2 Å². The van der Waals surface area contributed by atoms with Gasteiger partial charge in [-0.25, -0.2) is 0 Å². The summed E-state index contributed by atoms with van der Waals surface area (Å²) in [6, 6.07) is 10.1. The number of carbonyl (C=O) groups excluding carboxylic acids is 1. The monoisotopic (exact) mass is 389 g/mol. The largest absolute Gasteiger partial charge is 0.353 e. The van der Waals surface area contributed by atoms with Gasteiger partial charge >= 0.3 is 0 Å². The van der Waals surface area contributed by atoms with E-state index in [9.17, 15) is 4.79 Å². The molecule has 0 spiro atoms. The zero-order valence-electron chi connectivity index (χ0n) is 14.0. The summed E-state index contributed by atoms with van der Waals surface area (Å²) in [5.41, 5.74) is 1.37. The van der Waals surface area contributed by atoms with E-state index in [0.29, 0.717) is 6.54 Å². The van der Waals surface area contributed by atoms with Gasteiger partial charge < -0.3 is 5.32 Å². The molecule has 1 saturated carbocycles. The van der Waals surface area contributed by atoms with Crippen LogP contribution in [0.5, 0.6) is 0 Å². The first-order chi connectivity index (χ1) is 11.6. The van der Waals surface area contributed by atoms with Crippen molar-refractivity contribution in [3.05, 3.63) is 52.8 Å². The first-order valence-corrected chi connectivity index (χ1v) is 9.43. The molecule has 1 heterocycles. The Morgan fingerprint density at radius 1 is 1.33 bits per heavy atom. The van der Waals surface area contributed by atoms with Gasteiger partial charge in [0, 0.05) is 28.8 Å². The lowest BCUT2D eigenvalue weighted by atomic mass is 9.69. The summed E-state index contributed by atoms with van der Waals surface area (Å²) in [7, 11) is 0. The Bertz CT molecular complexity index is 678. The molecule has 0 saturated heterocycles. The number of hydrogen-bond acceptors (Lipinski definition) is 2. The molecule has 3 rings (SSSR count). The second kappa shape index (κ2) is 7.51. The third kappa shape index (κ3) is 3.72. The van der Waals surface area contributed by atoms with Crippen molar-refractivity contribution in [3.8, 4) is 0 Å². The van der Waals surface area contributed by atoms with Crippen molar-refractivity contribution in [2.75, 3.05) is 6.54 Å². The number of rotatable bonds is 5. The number of carbonyl (C=O) groups is 1. The molecule has 1 aliphatic rings. The Labute approximate surface area is 151 Å². The zero-order chi connectivity index (χ0) is 17.0. The van der Waals surface area contributed by atoms with E-state index in [1.54, 1.807) is 10.9 Å². The van der Waals surface area contributed by atoms with Crippen LogP contribution in [0.15, 0.2) is 47.2 Å². The normalized spacial score (nSPS) is 18.1. The van der Waals surface area contributed by atoms with Crippen molar-refractivity contribution in [3.63, 3.8) is 0 Å². The lowest BCUT2D eigenvalue weighted by Crippen LogP contribution is -2.44. The fraction of sp³-hybridized carbons (Fsp3) is 0.474. The van der Waals surface area contributed by atoms with Gasteiger partial charge in [-0.05, 0) is 43.5 Å². The Kier molecular flexibility index (Phi) is 5.39. The Morgan fingerprint density at radius 3 is 2.79 bits per heavy atom. The Balaban J connectivity index is 1.74. The van der Waals surface area contributed by atoms with Crippen LogP contribution in [0.4, 0.5) is 0 Å². The predicted molar refractivity (Wildman–Crippen MR) is 98.9 cm³/mol. The van der Waals surface area contributed by atoms with Crippen molar-refractivity contribution in [1.82, 2.24) is 15.1 Å². The van der Waals surface area contributed by atoms with Crippen LogP contribution in [-0.2, 0) is 10.2 Å². The number of hydrogen-bond donors (Lipinski definition) is 1. The molecule has 1 N–H and O–H groups in total. The molecule has 0 bridgehead atoms. The number of nitrogens with one attached hydrogen (secondary N) is 1. The summed E-state index contributed by atoms with van der Waals surface area (Å²) < 4.78 is 2.79. The average molecular weight is 390 g/mol. The minimum Gasteiger partial charge on any atom is -0.353 e. The molecule has 128 valence electrons. The minimum absolute atomic E-state index is 0.0265. The summed E-state index contributed by atoms with van der Waals surface area (Å²) >= 11 is 3.58. The van der Waals surface area contributed by atoms with Crippen LogP contribution in [-0.4, -0.2) is 22.2 Å². The van der Waals surface area contributed by atoms with Crippen LogP contribution in [0.3, 0.4) is 0 Å². The standard InChI is InChI=1S/C19H24BrN3O/c1-15(23-12-6-11-22-23)18(24)21-14-19(9-3-2-4-10-19)16-7-5-8-17(20)13-16/h5-8,11-13,15H,2-4,9-10,14H2,1H3,(H,21,24). The van der Waals surface area contributed by atoms with E-state index >= 15 is 0 Å². The molecule has 0 radical (unpaired) electrons. The maximum atomic E-state index is 12.5. The predicted octanol–water partition coefficient (Wildman–Crippen LogP) is 4.22. The second-order valence-corrected chi connectivity index (χ2v) is 7.65. The number of amides is 1. The topological polar surface area (TPSA) is 46.9 Å². The van der Waals surface area contributed by atoms with Crippen LogP contribution in [0.2, 0.25) is 0 Å². The summed E-state index contributed by atoms with van der Waals surface area (Å²) in [6.07, 6.45) is 9.50. The third-order valence-corrected chi connectivity index (χ3v) is 5.64. The SMILES string of the molecule is CC(C(=O)NCC1(c2cccc(Br)c2)CCCCC1)n1cccn1. The highest BCUT2D eigenvalue weighted by atomic mass is 79.9. The molecule has 1 fully saturated rings. The fourth-order valence-electron chi connectivity index (χ4n) is 3.65. The van der Waals surface area contributed by atoms with Crippen LogP contribution in [0.1, 0.15) is 50.6 Å². The lowest BCUT2D eigenvalue weighted by molar-refractivity contribution is -0.124. The molecule has 24 heavy (non-hydrogen) atoms. The number of benzene rings is 1. The second-order valence-electron chi connectivity index (χ2n) is 6.73. The van der Waals surface area contributed by atoms with Crippen LogP contribution in [0, 0.1) is 0 Å². The maximum absolute atomic E-state index is 12.5. The molecular formula is C19H24BrN3O. The number of nitrogens with zero attached hydrogens (tertiary/aromatic N) is 2. The van der Waals surface area contributed by atoms with Crippen molar-refractivity contribution in [1.29, 1.82) is 0 Å². The average Bonchev–Trinajstić information content (AvgIpc) is 3.14. The van der Waals surface area contributed by atoms with E-state index in [2.05, 4.69) is 50.6 Å². The van der Waals surface area contributed by atoms with E-state index in [1.165, 1.54) is 24.8 Å². The van der Waals surface area contributed by atoms with Gasteiger partial charge in [-0.1, -0.05) is 47.3 Å². The molecule has 1 aromatic heterocycles. The number of aromatic nitrogens is 2. The van der Waals surface area contributed by atoms with Gasteiger partial charge in [0.2, 0.25) is 5.91 Å². The summed E-state index contributed by atoms with van der Waals surface area (Å²) in [4.78, 5) is 12.5. The number of halogens is 1.